The lowest BCUT2D eigenvalue weighted by Crippen LogP contribution is -2.23. The molecule has 0 N–H and O–H groups in total. The fraction of sp³-hybridized carbons (Fsp3) is 0.100. The van der Waals surface area contributed by atoms with Gasteiger partial charge in [-0.3, -0.25) is 4.79 Å². The quantitative estimate of drug-likeness (QED) is 0.544. The number of nitrogens with zero attached hydrogens (tertiary/aromatic N) is 4. The monoisotopic (exact) mass is 360 g/mol. The van der Waals surface area contributed by atoms with Crippen molar-refractivity contribution >= 4 is 0 Å². The standard InChI is InChI=1S/C20H16N4O3/c1-26-16-9-5-8-15(12-16)17-10-11-19(25)24(22-17)13-18-21-20(23-27-18)14-6-3-2-4-7-14/h2-12H,13H2,1H3. The van der Waals surface area contributed by atoms with Crippen LogP contribution < -0.4 is 10.3 Å². The van der Waals surface area contributed by atoms with Gasteiger partial charge in [0.1, 0.15) is 12.3 Å². The summed E-state index contributed by atoms with van der Waals surface area (Å²) >= 11 is 0. The van der Waals surface area contributed by atoms with Gasteiger partial charge in [0.15, 0.2) is 0 Å². The van der Waals surface area contributed by atoms with Gasteiger partial charge in [-0.15, -0.1) is 0 Å². The Kier molecular flexibility index (Phi) is 4.49. The zero-order chi connectivity index (χ0) is 18.6. The topological polar surface area (TPSA) is 83.0 Å². The molecule has 0 aliphatic heterocycles. The van der Waals surface area contributed by atoms with Crippen LogP contribution in [0.5, 0.6) is 5.75 Å². The summed E-state index contributed by atoms with van der Waals surface area (Å²) in [5.41, 5.74) is 2.09. The Bertz CT molecular complexity index is 1120. The zero-order valence-electron chi connectivity index (χ0n) is 14.6. The van der Waals surface area contributed by atoms with Crippen molar-refractivity contribution in [1.29, 1.82) is 0 Å². The van der Waals surface area contributed by atoms with Crippen LogP contribution in [-0.2, 0) is 6.54 Å². The molecule has 0 fully saturated rings. The fourth-order valence-electron chi connectivity index (χ4n) is 2.65. The first kappa shape index (κ1) is 16.7. The lowest BCUT2D eigenvalue weighted by atomic mass is 10.1. The normalized spacial score (nSPS) is 10.7. The van der Waals surface area contributed by atoms with Gasteiger partial charge in [-0.2, -0.15) is 10.1 Å². The van der Waals surface area contributed by atoms with Crippen molar-refractivity contribution in [3.63, 3.8) is 0 Å². The van der Waals surface area contributed by atoms with Gasteiger partial charge in [-0.05, 0) is 18.2 Å². The summed E-state index contributed by atoms with van der Waals surface area (Å²) in [6, 6.07) is 20.1. The average Bonchev–Trinajstić information content (AvgIpc) is 3.19. The number of ether oxygens (including phenoxy) is 1. The number of hydrogen-bond acceptors (Lipinski definition) is 6. The van der Waals surface area contributed by atoms with Crippen molar-refractivity contribution in [2.24, 2.45) is 0 Å². The maximum atomic E-state index is 12.2. The molecule has 0 unspecified atom stereocenters. The van der Waals surface area contributed by atoms with Crippen LogP contribution in [0.2, 0.25) is 0 Å². The molecule has 4 rings (SSSR count). The SMILES string of the molecule is COc1cccc(-c2ccc(=O)n(Cc3nc(-c4ccccc4)no3)n2)c1. The highest BCUT2D eigenvalue weighted by Crippen LogP contribution is 2.21. The highest BCUT2D eigenvalue weighted by atomic mass is 16.5. The van der Waals surface area contributed by atoms with Crippen LogP contribution in [0.4, 0.5) is 0 Å². The van der Waals surface area contributed by atoms with Gasteiger partial charge in [-0.1, -0.05) is 47.6 Å². The smallest absolute Gasteiger partial charge is 0.267 e. The van der Waals surface area contributed by atoms with E-state index < -0.39 is 0 Å². The summed E-state index contributed by atoms with van der Waals surface area (Å²) in [7, 11) is 1.60. The van der Waals surface area contributed by atoms with Crippen LogP contribution >= 0.6 is 0 Å². The Labute approximate surface area is 154 Å². The number of benzene rings is 2. The maximum Gasteiger partial charge on any atom is 0.267 e. The van der Waals surface area contributed by atoms with Gasteiger partial charge >= 0.3 is 0 Å². The molecule has 2 aromatic carbocycles. The molecule has 4 aromatic rings. The van der Waals surface area contributed by atoms with Crippen molar-refractivity contribution in [1.82, 2.24) is 19.9 Å². The van der Waals surface area contributed by atoms with Crippen LogP contribution in [0, 0.1) is 0 Å². The number of aromatic nitrogens is 4. The second-order valence-corrected chi connectivity index (χ2v) is 5.82. The molecule has 0 amide bonds. The van der Waals surface area contributed by atoms with E-state index in [-0.39, 0.29) is 12.1 Å². The molecule has 27 heavy (non-hydrogen) atoms. The molecular weight excluding hydrogens is 344 g/mol. The average molecular weight is 360 g/mol. The minimum Gasteiger partial charge on any atom is -0.497 e. The minimum absolute atomic E-state index is 0.0937. The molecule has 2 aromatic heterocycles. The van der Waals surface area contributed by atoms with Crippen molar-refractivity contribution in [2.75, 3.05) is 7.11 Å². The predicted molar refractivity (Wildman–Crippen MR) is 99.3 cm³/mol. The van der Waals surface area contributed by atoms with Crippen molar-refractivity contribution in [2.45, 2.75) is 6.54 Å². The van der Waals surface area contributed by atoms with Crippen LogP contribution in [0.3, 0.4) is 0 Å². The second kappa shape index (κ2) is 7.25. The minimum atomic E-state index is -0.249. The zero-order valence-corrected chi connectivity index (χ0v) is 14.6. The van der Waals surface area contributed by atoms with E-state index in [1.807, 2.05) is 54.6 Å². The Morgan fingerprint density at radius 2 is 1.81 bits per heavy atom. The Morgan fingerprint density at radius 3 is 2.63 bits per heavy atom. The summed E-state index contributed by atoms with van der Waals surface area (Å²) < 4.78 is 11.8. The molecule has 134 valence electrons. The van der Waals surface area contributed by atoms with E-state index in [0.717, 1.165) is 16.9 Å². The summed E-state index contributed by atoms with van der Waals surface area (Å²) in [5, 5.41) is 8.39. The summed E-state index contributed by atoms with van der Waals surface area (Å²) in [6.07, 6.45) is 0. The van der Waals surface area contributed by atoms with E-state index in [1.165, 1.54) is 10.7 Å². The second-order valence-electron chi connectivity index (χ2n) is 5.82. The largest absolute Gasteiger partial charge is 0.497 e. The summed E-state index contributed by atoms with van der Waals surface area (Å²) in [4.78, 5) is 16.5. The number of rotatable bonds is 5. The third-order valence-electron chi connectivity index (χ3n) is 4.02. The third-order valence-corrected chi connectivity index (χ3v) is 4.02. The van der Waals surface area contributed by atoms with Gasteiger partial charge < -0.3 is 9.26 Å². The maximum absolute atomic E-state index is 12.2. The van der Waals surface area contributed by atoms with E-state index in [0.29, 0.717) is 17.4 Å². The van der Waals surface area contributed by atoms with Gasteiger partial charge in [0.05, 0.1) is 12.8 Å². The molecule has 7 heteroatoms. The number of hydrogen-bond donors (Lipinski definition) is 0. The molecule has 0 saturated carbocycles. The molecule has 0 atom stereocenters. The van der Waals surface area contributed by atoms with Gasteiger partial charge in [0.2, 0.25) is 11.7 Å². The van der Waals surface area contributed by atoms with Crippen molar-refractivity contribution in [3.05, 3.63) is 83.0 Å². The predicted octanol–water partition coefficient (Wildman–Crippen LogP) is 3.02. The van der Waals surface area contributed by atoms with Crippen LogP contribution in [0.25, 0.3) is 22.6 Å². The van der Waals surface area contributed by atoms with E-state index in [4.69, 9.17) is 9.26 Å². The Balaban J connectivity index is 1.63. The molecule has 0 aliphatic rings. The van der Waals surface area contributed by atoms with Crippen LogP contribution in [0.1, 0.15) is 5.89 Å². The highest BCUT2D eigenvalue weighted by molar-refractivity contribution is 5.60. The van der Waals surface area contributed by atoms with E-state index >= 15 is 0 Å². The first-order valence-corrected chi connectivity index (χ1v) is 8.33. The molecule has 0 spiro atoms. The lowest BCUT2D eigenvalue weighted by molar-refractivity contribution is 0.363. The summed E-state index contributed by atoms with van der Waals surface area (Å²) in [5.74, 6) is 1.50. The Hall–Kier alpha value is -3.74. The van der Waals surface area contributed by atoms with Crippen molar-refractivity contribution < 1.29 is 9.26 Å². The molecule has 0 radical (unpaired) electrons. The van der Waals surface area contributed by atoms with Crippen LogP contribution in [0.15, 0.2) is 76.0 Å². The molecule has 7 nitrogen and oxygen atoms in total. The summed E-state index contributed by atoms with van der Waals surface area (Å²) in [6.45, 7) is 0.0937. The third kappa shape index (κ3) is 3.62. The molecule has 0 aliphatic carbocycles. The highest BCUT2D eigenvalue weighted by Gasteiger charge is 2.11. The van der Waals surface area contributed by atoms with Gasteiger partial charge in [-0.25, -0.2) is 4.68 Å². The van der Waals surface area contributed by atoms with E-state index in [1.54, 1.807) is 13.2 Å². The fourth-order valence-corrected chi connectivity index (χ4v) is 2.65. The van der Waals surface area contributed by atoms with Gasteiger partial charge in [0, 0.05) is 17.2 Å². The molecule has 0 bridgehead atoms. The van der Waals surface area contributed by atoms with E-state index in [9.17, 15) is 4.79 Å². The van der Waals surface area contributed by atoms with Gasteiger partial charge in [0.25, 0.3) is 5.56 Å². The first-order valence-electron chi connectivity index (χ1n) is 8.33. The molecule has 2 heterocycles. The first-order chi connectivity index (χ1) is 13.2. The van der Waals surface area contributed by atoms with Crippen molar-refractivity contribution in [3.8, 4) is 28.4 Å². The lowest BCUT2D eigenvalue weighted by Gasteiger charge is -2.06. The molecule has 0 saturated heterocycles. The van der Waals surface area contributed by atoms with E-state index in [2.05, 4.69) is 15.2 Å². The Morgan fingerprint density at radius 1 is 1.00 bits per heavy atom. The van der Waals surface area contributed by atoms with Crippen LogP contribution in [-0.4, -0.2) is 27.0 Å². The molecular formula is C20H16N4O3. The number of methoxy groups -OCH3 is 1.